The van der Waals surface area contributed by atoms with E-state index in [1.165, 1.54) is 5.56 Å². The monoisotopic (exact) mass is 514 g/mol. The molecule has 0 spiro atoms. The number of ether oxygens (including phenoxy) is 1. The zero-order valence-corrected chi connectivity index (χ0v) is 22.4. The largest absolute Gasteiger partial charge is 0.474 e. The summed E-state index contributed by atoms with van der Waals surface area (Å²) in [6.45, 7) is 8.62. The number of likely N-dealkylation sites (N-methyl/N-ethyl adjacent to an activating group) is 1. The van der Waals surface area contributed by atoms with Crippen molar-refractivity contribution in [2.24, 2.45) is 0 Å². The fourth-order valence-electron chi connectivity index (χ4n) is 5.33. The van der Waals surface area contributed by atoms with E-state index in [1.54, 1.807) is 0 Å². The van der Waals surface area contributed by atoms with Crippen molar-refractivity contribution in [3.05, 3.63) is 58.5 Å². The lowest BCUT2D eigenvalue weighted by atomic mass is 10.0. The number of amides is 1. The molecular weight excluding hydrogens is 480 g/mol. The van der Waals surface area contributed by atoms with Crippen LogP contribution in [0.3, 0.4) is 0 Å². The summed E-state index contributed by atoms with van der Waals surface area (Å²) in [6.07, 6.45) is 4.70. The normalized spacial score (nSPS) is 16.8. The van der Waals surface area contributed by atoms with Gasteiger partial charge in [-0.25, -0.2) is 15.0 Å². The minimum Gasteiger partial charge on any atom is -0.474 e. The van der Waals surface area contributed by atoms with E-state index in [-0.39, 0.29) is 5.91 Å². The van der Waals surface area contributed by atoms with Gasteiger partial charge in [0.2, 0.25) is 11.8 Å². The summed E-state index contributed by atoms with van der Waals surface area (Å²) in [7, 11) is 4.11. The van der Waals surface area contributed by atoms with Crippen LogP contribution in [-0.4, -0.2) is 83.6 Å². The number of benzene rings is 1. The topological polar surface area (TPSA) is 98.8 Å². The van der Waals surface area contributed by atoms with E-state index in [9.17, 15) is 4.79 Å². The Morgan fingerprint density at radius 2 is 2.03 bits per heavy atom. The van der Waals surface area contributed by atoms with Crippen LogP contribution in [0.4, 0.5) is 23.0 Å². The van der Waals surface area contributed by atoms with E-state index < -0.39 is 0 Å². The van der Waals surface area contributed by atoms with Crippen molar-refractivity contribution < 1.29 is 9.53 Å². The van der Waals surface area contributed by atoms with E-state index >= 15 is 0 Å². The first kappa shape index (κ1) is 24.4. The second kappa shape index (κ2) is 9.75. The Bertz CT molecular complexity index is 1390. The van der Waals surface area contributed by atoms with Crippen LogP contribution < -0.4 is 20.3 Å². The molecule has 0 saturated carbocycles. The van der Waals surface area contributed by atoms with Crippen LogP contribution >= 0.6 is 0 Å². The molecule has 0 aliphatic carbocycles. The second-order valence-corrected chi connectivity index (χ2v) is 10.5. The van der Waals surface area contributed by atoms with E-state index in [4.69, 9.17) is 9.72 Å². The summed E-state index contributed by atoms with van der Waals surface area (Å²) in [5.74, 6) is 1.32. The summed E-state index contributed by atoms with van der Waals surface area (Å²) in [4.78, 5) is 33.3. The number of rotatable bonds is 5. The minimum absolute atomic E-state index is 0.0889. The quantitative estimate of drug-likeness (QED) is 0.532. The van der Waals surface area contributed by atoms with Crippen molar-refractivity contribution >= 4 is 28.9 Å². The van der Waals surface area contributed by atoms with Crippen LogP contribution in [-0.2, 0) is 13.0 Å². The van der Waals surface area contributed by atoms with Crippen LogP contribution in [0.5, 0.6) is 5.88 Å². The Hall–Kier alpha value is -3.92. The standard InChI is InChI=1S/C28H34N8O2/c1-17-11-20(5-6-22(17)27(37)36-14-21(15-36)34(3)4)32-28-31-12-19-7-9-35(16-23(19)33-28)24-13-30-26-25(18(24)2)29-8-10-38-26/h5-6,11-13,21,29H,7-10,14-16H2,1-4H3,(H,31,32,33). The Morgan fingerprint density at radius 1 is 1.18 bits per heavy atom. The fourth-order valence-corrected chi connectivity index (χ4v) is 5.33. The molecule has 1 aromatic carbocycles. The molecular formula is C28H34N8O2. The molecule has 198 valence electrons. The first-order chi connectivity index (χ1) is 18.4. The number of hydrogen-bond donors (Lipinski definition) is 2. The van der Waals surface area contributed by atoms with Gasteiger partial charge in [0.05, 0.1) is 24.1 Å². The van der Waals surface area contributed by atoms with Crippen molar-refractivity contribution in [3.8, 4) is 5.88 Å². The van der Waals surface area contributed by atoms with Crippen molar-refractivity contribution in [3.63, 3.8) is 0 Å². The number of anilines is 4. The first-order valence-corrected chi connectivity index (χ1v) is 13.2. The van der Waals surface area contributed by atoms with E-state index in [0.29, 0.717) is 31.0 Å². The number of aryl methyl sites for hydroxylation is 1. The molecule has 0 atom stereocenters. The minimum atomic E-state index is 0.0889. The molecule has 3 aliphatic rings. The number of aromatic nitrogens is 3. The van der Waals surface area contributed by atoms with Gasteiger partial charge in [0.25, 0.3) is 5.91 Å². The van der Waals surface area contributed by atoms with Crippen LogP contribution in [0.2, 0.25) is 0 Å². The number of nitrogens with zero attached hydrogens (tertiary/aromatic N) is 6. The summed E-state index contributed by atoms with van der Waals surface area (Å²) in [6, 6.07) is 6.25. The van der Waals surface area contributed by atoms with E-state index in [2.05, 4.69) is 51.4 Å². The van der Waals surface area contributed by atoms with Gasteiger partial charge in [-0.05, 0) is 63.7 Å². The van der Waals surface area contributed by atoms with Gasteiger partial charge in [-0.15, -0.1) is 0 Å². The van der Waals surface area contributed by atoms with Crippen LogP contribution in [0.25, 0.3) is 0 Å². The number of pyridine rings is 1. The molecule has 10 heteroatoms. The lowest BCUT2D eigenvalue weighted by Gasteiger charge is -2.43. The molecule has 2 N–H and O–H groups in total. The third kappa shape index (κ3) is 4.49. The number of fused-ring (bicyclic) bond motifs is 2. The molecule has 1 fully saturated rings. The van der Waals surface area contributed by atoms with Crippen molar-refractivity contribution in [2.75, 3.05) is 62.4 Å². The van der Waals surface area contributed by atoms with Gasteiger partial charge in [-0.1, -0.05) is 0 Å². The van der Waals surface area contributed by atoms with Gasteiger partial charge in [-0.3, -0.25) is 4.79 Å². The van der Waals surface area contributed by atoms with Crippen LogP contribution in [0, 0.1) is 13.8 Å². The molecule has 0 bridgehead atoms. The highest BCUT2D eigenvalue weighted by Gasteiger charge is 2.33. The molecule has 6 rings (SSSR count). The molecule has 3 aromatic rings. The first-order valence-electron chi connectivity index (χ1n) is 13.2. The lowest BCUT2D eigenvalue weighted by Crippen LogP contribution is -2.59. The maximum absolute atomic E-state index is 12.9. The molecule has 2 aromatic heterocycles. The third-order valence-corrected chi connectivity index (χ3v) is 7.80. The maximum atomic E-state index is 12.9. The Labute approximate surface area is 223 Å². The predicted octanol–water partition coefficient (Wildman–Crippen LogP) is 2.99. The number of likely N-dealkylation sites (tertiary alicyclic amines) is 1. The maximum Gasteiger partial charge on any atom is 0.254 e. The third-order valence-electron chi connectivity index (χ3n) is 7.80. The van der Waals surface area contributed by atoms with Crippen LogP contribution in [0.15, 0.2) is 30.6 Å². The highest BCUT2D eigenvalue weighted by molar-refractivity contribution is 5.96. The number of carbonyl (C=O) groups is 1. The Kier molecular flexibility index (Phi) is 6.27. The fraction of sp³-hybridized carbons (Fsp3) is 0.429. The molecule has 5 heterocycles. The van der Waals surface area contributed by atoms with Crippen molar-refractivity contribution in [1.29, 1.82) is 0 Å². The summed E-state index contributed by atoms with van der Waals surface area (Å²) in [5, 5.41) is 6.76. The number of carbonyl (C=O) groups excluding carboxylic acids is 1. The zero-order valence-electron chi connectivity index (χ0n) is 22.4. The number of hydrogen-bond acceptors (Lipinski definition) is 9. The Morgan fingerprint density at radius 3 is 2.82 bits per heavy atom. The van der Waals surface area contributed by atoms with E-state index in [0.717, 1.165) is 72.0 Å². The molecule has 0 radical (unpaired) electrons. The molecule has 10 nitrogen and oxygen atoms in total. The average molecular weight is 515 g/mol. The van der Waals surface area contributed by atoms with Gasteiger partial charge < -0.3 is 30.1 Å². The molecule has 1 saturated heterocycles. The van der Waals surface area contributed by atoms with Gasteiger partial charge in [0.1, 0.15) is 12.3 Å². The summed E-state index contributed by atoms with van der Waals surface area (Å²) < 4.78 is 5.69. The van der Waals surface area contributed by atoms with Crippen molar-refractivity contribution in [2.45, 2.75) is 32.9 Å². The second-order valence-electron chi connectivity index (χ2n) is 10.5. The molecule has 3 aliphatic heterocycles. The van der Waals surface area contributed by atoms with Crippen molar-refractivity contribution in [1.82, 2.24) is 24.8 Å². The van der Waals surface area contributed by atoms with Gasteiger partial charge >= 0.3 is 0 Å². The van der Waals surface area contributed by atoms with Gasteiger partial charge in [0, 0.05) is 55.2 Å². The van der Waals surface area contributed by atoms with Crippen LogP contribution in [0.1, 0.15) is 32.7 Å². The highest BCUT2D eigenvalue weighted by atomic mass is 16.5. The molecule has 38 heavy (non-hydrogen) atoms. The van der Waals surface area contributed by atoms with Gasteiger partial charge in [0.15, 0.2) is 0 Å². The predicted molar refractivity (Wildman–Crippen MR) is 148 cm³/mol. The summed E-state index contributed by atoms with van der Waals surface area (Å²) >= 11 is 0. The molecule has 0 unspecified atom stereocenters. The highest BCUT2D eigenvalue weighted by Crippen LogP contribution is 2.36. The number of nitrogens with one attached hydrogen (secondary N) is 2. The summed E-state index contributed by atoms with van der Waals surface area (Å²) in [5.41, 5.74) is 7.93. The van der Waals surface area contributed by atoms with Gasteiger partial charge in [-0.2, -0.15) is 0 Å². The smallest absolute Gasteiger partial charge is 0.254 e. The zero-order chi connectivity index (χ0) is 26.4. The average Bonchev–Trinajstić information content (AvgIpc) is 2.87. The SMILES string of the molecule is Cc1cc(Nc2ncc3c(n2)CN(c2cnc4c(c2C)NCCO4)CC3)ccc1C(=O)N1CC(N(C)C)C1. The lowest BCUT2D eigenvalue weighted by molar-refractivity contribution is 0.0398. The molecule has 1 amide bonds. The Balaban J connectivity index is 1.16. The van der Waals surface area contributed by atoms with E-state index in [1.807, 2.05) is 42.4 Å².